The molecule has 0 aliphatic rings. The Bertz CT molecular complexity index is 395. The fourth-order valence-corrected chi connectivity index (χ4v) is 2.37. The van der Waals surface area contributed by atoms with Gasteiger partial charge in [0, 0.05) is 0 Å². The third-order valence-corrected chi connectivity index (χ3v) is 4.22. The molecule has 0 heterocycles. The predicted molar refractivity (Wildman–Crippen MR) is 61.2 cm³/mol. The molecule has 2 unspecified atom stereocenters. The van der Waals surface area contributed by atoms with Crippen molar-refractivity contribution in [3.8, 4) is 0 Å². The van der Waals surface area contributed by atoms with Gasteiger partial charge in [0.05, 0.1) is 0 Å². The summed E-state index contributed by atoms with van der Waals surface area (Å²) in [4.78, 5) is 0. The molecule has 0 aromatic rings. The summed E-state index contributed by atoms with van der Waals surface area (Å²) >= 11 is 0. The van der Waals surface area contributed by atoms with Crippen LogP contribution in [-0.4, -0.2) is 58.3 Å². The van der Waals surface area contributed by atoms with Crippen molar-refractivity contribution in [3.05, 3.63) is 0 Å². The maximum Gasteiger partial charge on any atom is 0.425 e. The third-order valence-electron chi connectivity index (χ3n) is 2.54. The average molecular weight is 420 g/mol. The molecule has 0 saturated carbocycles. The highest BCUT2D eigenvalue weighted by Gasteiger charge is 2.59. The second-order valence-electron chi connectivity index (χ2n) is 5.31. The van der Waals surface area contributed by atoms with Gasteiger partial charge in [0.25, 0.3) is 12.3 Å². The van der Waals surface area contributed by atoms with Crippen LogP contribution >= 0.6 is 0 Å². The Morgan fingerprint density at radius 2 is 0.880 bits per heavy atom. The molecular weight excluding hydrogens is 408 g/mol. The van der Waals surface area contributed by atoms with E-state index in [0.29, 0.717) is 13.1 Å². The molecule has 0 N–H and O–H groups in total. The first kappa shape index (κ1) is 24.3. The molecule has 2 nitrogen and oxygen atoms in total. The van der Waals surface area contributed by atoms with Gasteiger partial charge in [-0.15, -0.1) is 0 Å². The predicted octanol–water partition coefficient (Wildman–Crippen LogP) is 4.79. The molecule has 2 atom stereocenters. The highest BCUT2D eigenvalue weighted by atomic mass is 28.4. The van der Waals surface area contributed by atoms with E-state index >= 15 is 0 Å². The largest absolute Gasteiger partial charge is 0.425 e. The van der Waals surface area contributed by atoms with Crippen LogP contribution in [0.2, 0.25) is 13.1 Å². The van der Waals surface area contributed by atoms with Crippen LogP contribution in [0.3, 0.4) is 0 Å². The van der Waals surface area contributed by atoms with E-state index in [1.807, 2.05) is 0 Å². The zero-order chi connectivity index (χ0) is 20.5. The lowest BCUT2D eigenvalue weighted by Gasteiger charge is -2.30. The first-order valence-electron chi connectivity index (χ1n) is 6.17. The zero-order valence-electron chi connectivity index (χ0n) is 12.4. The monoisotopic (exact) mass is 420 g/mol. The lowest BCUT2D eigenvalue weighted by Crippen LogP contribution is -2.50. The molecule has 0 radical (unpaired) electrons. The summed E-state index contributed by atoms with van der Waals surface area (Å²) in [5.41, 5.74) is 0. The van der Waals surface area contributed by atoms with Gasteiger partial charge in [-0.05, 0) is 13.1 Å². The average Bonchev–Trinajstić information content (AvgIpc) is 2.40. The number of hydrogen-bond donors (Lipinski definition) is 0. The highest BCUT2D eigenvalue weighted by Crippen LogP contribution is 2.37. The van der Waals surface area contributed by atoms with Crippen molar-refractivity contribution >= 4 is 8.56 Å². The summed E-state index contributed by atoms with van der Waals surface area (Å²) < 4.78 is 157. The first-order valence-corrected chi connectivity index (χ1v) is 8.99. The van der Waals surface area contributed by atoms with E-state index in [4.69, 9.17) is 0 Å². The molecular formula is C10H12F12O2Si. The maximum absolute atomic E-state index is 13.0. The zero-order valence-corrected chi connectivity index (χ0v) is 13.4. The molecule has 0 rings (SSSR count). The smallest absolute Gasteiger partial charge is 0.388 e. The summed E-state index contributed by atoms with van der Waals surface area (Å²) in [5.74, 6) is -10.2. The molecule has 0 aliphatic heterocycles. The van der Waals surface area contributed by atoms with Gasteiger partial charge in [-0.1, -0.05) is 0 Å². The Labute approximate surface area is 134 Å². The minimum absolute atomic E-state index is 0.709. The van der Waals surface area contributed by atoms with Crippen molar-refractivity contribution in [1.29, 1.82) is 0 Å². The number of alkyl halides is 12. The summed E-state index contributed by atoms with van der Waals surface area (Å²) in [6.07, 6.45) is -21.1. The Morgan fingerprint density at radius 3 is 1.08 bits per heavy atom. The molecule has 0 fully saturated rings. The van der Waals surface area contributed by atoms with Gasteiger partial charge in [0.15, 0.2) is 0 Å². The molecule has 0 saturated heterocycles. The number of hydrogen-bond acceptors (Lipinski definition) is 2. The van der Waals surface area contributed by atoms with Crippen LogP contribution < -0.4 is 0 Å². The van der Waals surface area contributed by atoms with E-state index in [1.165, 1.54) is 0 Å². The molecule has 0 aliphatic carbocycles. The molecule has 0 amide bonds. The quantitative estimate of drug-likeness (QED) is 0.415. The summed E-state index contributed by atoms with van der Waals surface area (Å²) in [7, 11) is -4.16. The van der Waals surface area contributed by atoms with E-state index < -0.39 is 58.3 Å². The van der Waals surface area contributed by atoms with Crippen LogP contribution in [0.15, 0.2) is 0 Å². The first-order chi connectivity index (χ1) is 10.7. The Morgan fingerprint density at radius 1 is 0.640 bits per heavy atom. The Hall–Kier alpha value is -0.703. The van der Waals surface area contributed by atoms with Crippen molar-refractivity contribution < 1.29 is 61.5 Å². The van der Waals surface area contributed by atoms with Gasteiger partial charge < -0.3 is 8.85 Å². The lowest BCUT2D eigenvalue weighted by molar-refractivity contribution is -0.254. The Kier molecular flexibility index (Phi) is 7.29. The Balaban J connectivity index is 4.80. The second-order valence-corrected chi connectivity index (χ2v) is 8.68. The third kappa shape index (κ3) is 7.60. The van der Waals surface area contributed by atoms with E-state index in [9.17, 15) is 52.7 Å². The van der Waals surface area contributed by atoms with Gasteiger partial charge in [-0.25, -0.2) is 26.3 Å². The van der Waals surface area contributed by atoms with E-state index in [2.05, 4.69) is 8.85 Å². The normalized spacial score (nSPS) is 17.5. The van der Waals surface area contributed by atoms with Crippen LogP contribution in [0.25, 0.3) is 0 Å². The van der Waals surface area contributed by atoms with Crippen LogP contribution in [0.5, 0.6) is 0 Å². The highest BCUT2D eigenvalue weighted by molar-refractivity contribution is 6.64. The summed E-state index contributed by atoms with van der Waals surface area (Å²) in [6, 6.07) is 0. The van der Waals surface area contributed by atoms with Gasteiger partial charge in [-0.3, -0.25) is 0 Å². The van der Waals surface area contributed by atoms with Gasteiger partial charge in [0.1, 0.15) is 13.2 Å². The van der Waals surface area contributed by atoms with Gasteiger partial charge in [-0.2, -0.15) is 26.3 Å². The van der Waals surface area contributed by atoms with Crippen molar-refractivity contribution in [2.45, 2.75) is 49.6 Å². The summed E-state index contributed by atoms with van der Waals surface area (Å²) in [6.45, 7) is -3.03. The number of halogens is 12. The number of rotatable bonds is 8. The second kappa shape index (κ2) is 7.50. The molecule has 25 heavy (non-hydrogen) atoms. The molecule has 15 heteroatoms. The van der Waals surface area contributed by atoms with Gasteiger partial charge >= 0.3 is 32.8 Å². The molecule has 0 aromatic carbocycles. The van der Waals surface area contributed by atoms with Gasteiger partial charge in [0.2, 0.25) is 0 Å². The molecule has 0 bridgehead atoms. The fourth-order valence-electron chi connectivity index (χ4n) is 1.21. The van der Waals surface area contributed by atoms with Crippen LogP contribution in [0.4, 0.5) is 52.7 Å². The lowest BCUT2D eigenvalue weighted by atomic mass is 10.2. The minimum atomic E-state index is -5.93. The topological polar surface area (TPSA) is 18.5 Å². The van der Waals surface area contributed by atoms with Crippen LogP contribution in [0, 0.1) is 0 Å². The van der Waals surface area contributed by atoms with Crippen LogP contribution in [0.1, 0.15) is 0 Å². The maximum atomic E-state index is 13.0. The fraction of sp³-hybridized carbons (Fsp3) is 1.00. The van der Waals surface area contributed by atoms with Crippen LogP contribution in [-0.2, 0) is 8.85 Å². The molecule has 0 aromatic heterocycles. The molecule has 152 valence electrons. The molecule has 0 spiro atoms. The van der Waals surface area contributed by atoms with E-state index in [-0.39, 0.29) is 0 Å². The van der Waals surface area contributed by atoms with E-state index in [1.54, 1.807) is 0 Å². The SMILES string of the molecule is C[Si](C)(OCC(F)(F)C(F)C(F)(F)F)OCC(F)(F)C(F)C(F)(F)F. The van der Waals surface area contributed by atoms with Crippen molar-refractivity contribution in [2.24, 2.45) is 0 Å². The van der Waals surface area contributed by atoms with E-state index in [0.717, 1.165) is 0 Å². The van der Waals surface area contributed by atoms with Crippen molar-refractivity contribution in [1.82, 2.24) is 0 Å². The van der Waals surface area contributed by atoms with Crippen molar-refractivity contribution in [2.75, 3.05) is 13.2 Å². The van der Waals surface area contributed by atoms with Crippen molar-refractivity contribution in [3.63, 3.8) is 0 Å². The standard InChI is InChI=1S/C10H12F12O2Si/c1-25(2,23-3-7(13,14)5(11)9(17,18)19)24-4-8(15,16)6(12)10(20,21)22/h5-6H,3-4H2,1-2H3. The summed E-state index contributed by atoms with van der Waals surface area (Å²) in [5, 5.41) is 0. The minimum Gasteiger partial charge on any atom is -0.388 e.